The number of thiophene rings is 1. The van der Waals surface area contributed by atoms with Crippen molar-refractivity contribution in [2.75, 3.05) is 31.2 Å². The molecule has 0 unspecified atom stereocenters. The van der Waals surface area contributed by atoms with Crippen LogP contribution in [-0.4, -0.2) is 47.3 Å². The lowest BCUT2D eigenvalue weighted by Crippen LogP contribution is -2.27. The van der Waals surface area contributed by atoms with Crippen LogP contribution < -0.4 is 4.90 Å². The van der Waals surface area contributed by atoms with Crippen molar-refractivity contribution >= 4 is 33.3 Å². The first kappa shape index (κ1) is 16.6. The van der Waals surface area contributed by atoms with Crippen molar-refractivity contribution in [1.29, 1.82) is 0 Å². The third-order valence-corrected chi connectivity index (χ3v) is 4.56. The molecule has 22 heavy (non-hydrogen) atoms. The van der Waals surface area contributed by atoms with Crippen LogP contribution in [0.15, 0.2) is 0 Å². The molecule has 0 aliphatic rings. The van der Waals surface area contributed by atoms with Gasteiger partial charge in [0.25, 0.3) is 0 Å². The van der Waals surface area contributed by atoms with Gasteiger partial charge in [-0.1, -0.05) is 0 Å². The van der Waals surface area contributed by atoms with Crippen molar-refractivity contribution in [3.8, 4) is 0 Å². The lowest BCUT2D eigenvalue weighted by molar-refractivity contribution is 0.0531. The van der Waals surface area contributed by atoms with E-state index in [0.29, 0.717) is 23.9 Å². The van der Waals surface area contributed by atoms with Crippen LogP contribution in [0.4, 0.5) is 5.82 Å². The van der Waals surface area contributed by atoms with Crippen LogP contribution in [0.1, 0.15) is 34.9 Å². The average molecular weight is 323 g/mol. The van der Waals surface area contributed by atoms with Crippen LogP contribution in [0.25, 0.3) is 10.2 Å². The standard InChI is InChI=1S/C15H21N3O3S/c1-5-18(7-8-19)13-11-9(3)12(15(20)21-6-2)22-14(11)17-10(4)16-13/h19H,5-8H2,1-4H3. The normalized spacial score (nSPS) is 11.0. The molecule has 0 saturated heterocycles. The van der Waals surface area contributed by atoms with Crippen molar-refractivity contribution in [2.24, 2.45) is 0 Å². The van der Waals surface area contributed by atoms with E-state index in [9.17, 15) is 9.90 Å². The Hall–Kier alpha value is -1.73. The van der Waals surface area contributed by atoms with E-state index in [0.717, 1.165) is 28.1 Å². The molecule has 2 rings (SSSR count). The Morgan fingerprint density at radius 1 is 1.32 bits per heavy atom. The summed E-state index contributed by atoms with van der Waals surface area (Å²) >= 11 is 1.33. The molecule has 0 aliphatic heterocycles. The number of fused-ring (bicyclic) bond motifs is 1. The second-order valence-electron chi connectivity index (χ2n) is 4.85. The van der Waals surface area contributed by atoms with E-state index >= 15 is 0 Å². The number of aliphatic hydroxyl groups excluding tert-OH is 1. The number of carbonyl (C=O) groups is 1. The van der Waals surface area contributed by atoms with Gasteiger partial charge in [-0.15, -0.1) is 11.3 Å². The second kappa shape index (κ2) is 7.02. The topological polar surface area (TPSA) is 75.5 Å². The maximum Gasteiger partial charge on any atom is 0.348 e. The van der Waals surface area contributed by atoms with Crippen LogP contribution in [0.3, 0.4) is 0 Å². The lowest BCUT2D eigenvalue weighted by atomic mass is 10.2. The third kappa shape index (κ3) is 3.05. The molecule has 2 heterocycles. The number of nitrogens with zero attached hydrogens (tertiary/aromatic N) is 3. The van der Waals surface area contributed by atoms with Gasteiger partial charge in [0.15, 0.2) is 0 Å². The summed E-state index contributed by atoms with van der Waals surface area (Å²) in [6, 6.07) is 0. The van der Waals surface area contributed by atoms with E-state index in [1.54, 1.807) is 6.92 Å². The highest BCUT2D eigenvalue weighted by molar-refractivity contribution is 7.20. The van der Waals surface area contributed by atoms with Crippen molar-refractivity contribution in [2.45, 2.75) is 27.7 Å². The molecule has 2 aromatic heterocycles. The predicted molar refractivity (Wildman–Crippen MR) is 87.8 cm³/mol. The summed E-state index contributed by atoms with van der Waals surface area (Å²) in [6.07, 6.45) is 0. The number of hydrogen-bond donors (Lipinski definition) is 1. The Balaban J connectivity index is 2.64. The average Bonchev–Trinajstić information content (AvgIpc) is 2.81. The molecule has 0 aromatic carbocycles. The Bertz CT molecular complexity index is 684. The van der Waals surface area contributed by atoms with E-state index in [2.05, 4.69) is 9.97 Å². The van der Waals surface area contributed by atoms with Gasteiger partial charge in [0.05, 0.1) is 18.6 Å². The summed E-state index contributed by atoms with van der Waals surface area (Å²) in [6.45, 7) is 9.11. The predicted octanol–water partition coefficient (Wildman–Crippen LogP) is 2.30. The van der Waals surface area contributed by atoms with E-state index in [1.807, 2.05) is 25.7 Å². The first-order valence-corrected chi connectivity index (χ1v) is 8.15. The summed E-state index contributed by atoms with van der Waals surface area (Å²) in [5, 5.41) is 10.1. The van der Waals surface area contributed by atoms with E-state index in [-0.39, 0.29) is 12.6 Å². The molecular weight excluding hydrogens is 302 g/mol. The first-order chi connectivity index (χ1) is 10.5. The van der Waals surface area contributed by atoms with Gasteiger partial charge < -0.3 is 14.7 Å². The number of carbonyl (C=O) groups excluding carboxylic acids is 1. The number of aryl methyl sites for hydroxylation is 2. The monoisotopic (exact) mass is 323 g/mol. The Morgan fingerprint density at radius 3 is 2.64 bits per heavy atom. The van der Waals surface area contributed by atoms with Gasteiger partial charge in [-0.2, -0.15) is 0 Å². The highest BCUT2D eigenvalue weighted by Gasteiger charge is 2.22. The van der Waals surface area contributed by atoms with Gasteiger partial charge in [-0.25, -0.2) is 14.8 Å². The zero-order valence-corrected chi connectivity index (χ0v) is 14.2. The summed E-state index contributed by atoms with van der Waals surface area (Å²) in [5.74, 6) is 1.09. The second-order valence-corrected chi connectivity index (χ2v) is 5.85. The molecule has 0 fully saturated rings. The summed E-state index contributed by atoms with van der Waals surface area (Å²) in [7, 11) is 0. The molecule has 120 valence electrons. The van der Waals surface area contributed by atoms with Gasteiger partial charge >= 0.3 is 5.97 Å². The number of likely N-dealkylation sites (N-methyl/N-ethyl adjacent to an activating group) is 1. The van der Waals surface area contributed by atoms with Gasteiger partial charge in [0.2, 0.25) is 0 Å². The Labute approximate surface area is 133 Å². The molecular formula is C15H21N3O3S. The van der Waals surface area contributed by atoms with Gasteiger partial charge in [0, 0.05) is 13.1 Å². The SMILES string of the molecule is CCOC(=O)c1sc2nc(C)nc(N(CC)CCO)c2c1C. The molecule has 0 spiro atoms. The zero-order chi connectivity index (χ0) is 16.3. The number of rotatable bonds is 6. The quantitative estimate of drug-likeness (QED) is 0.822. The Morgan fingerprint density at radius 2 is 2.05 bits per heavy atom. The summed E-state index contributed by atoms with van der Waals surface area (Å²) < 4.78 is 5.11. The molecule has 0 aliphatic carbocycles. The van der Waals surface area contributed by atoms with Crippen molar-refractivity contribution < 1.29 is 14.6 Å². The lowest BCUT2D eigenvalue weighted by Gasteiger charge is -2.22. The van der Waals surface area contributed by atoms with Gasteiger partial charge in [0.1, 0.15) is 21.3 Å². The fourth-order valence-corrected chi connectivity index (χ4v) is 3.49. The number of hydrogen-bond acceptors (Lipinski definition) is 7. The van der Waals surface area contributed by atoms with Crippen LogP contribution >= 0.6 is 11.3 Å². The van der Waals surface area contributed by atoms with E-state index in [1.165, 1.54) is 11.3 Å². The minimum Gasteiger partial charge on any atom is -0.462 e. The molecule has 1 N–H and O–H groups in total. The molecule has 0 saturated carbocycles. The maximum absolute atomic E-state index is 12.1. The van der Waals surface area contributed by atoms with Crippen LogP contribution in [0.5, 0.6) is 0 Å². The van der Waals surface area contributed by atoms with Gasteiger partial charge in [-0.05, 0) is 33.3 Å². The minimum absolute atomic E-state index is 0.0479. The third-order valence-electron chi connectivity index (χ3n) is 3.39. The maximum atomic E-state index is 12.1. The molecule has 0 amide bonds. The van der Waals surface area contributed by atoms with Crippen molar-refractivity contribution in [3.63, 3.8) is 0 Å². The van der Waals surface area contributed by atoms with Crippen molar-refractivity contribution in [1.82, 2.24) is 9.97 Å². The highest BCUT2D eigenvalue weighted by atomic mass is 32.1. The highest BCUT2D eigenvalue weighted by Crippen LogP contribution is 2.35. The van der Waals surface area contributed by atoms with Crippen LogP contribution in [-0.2, 0) is 4.74 Å². The number of aromatic nitrogens is 2. The molecule has 0 atom stereocenters. The zero-order valence-electron chi connectivity index (χ0n) is 13.3. The van der Waals surface area contributed by atoms with E-state index < -0.39 is 0 Å². The van der Waals surface area contributed by atoms with E-state index in [4.69, 9.17) is 4.74 Å². The fraction of sp³-hybridized carbons (Fsp3) is 0.533. The molecule has 0 bridgehead atoms. The molecule has 7 heteroatoms. The number of ether oxygens (including phenoxy) is 1. The Kier molecular flexibility index (Phi) is 5.31. The van der Waals surface area contributed by atoms with Crippen LogP contribution in [0, 0.1) is 13.8 Å². The first-order valence-electron chi connectivity index (χ1n) is 7.34. The number of anilines is 1. The van der Waals surface area contributed by atoms with Crippen molar-refractivity contribution in [3.05, 3.63) is 16.3 Å². The largest absolute Gasteiger partial charge is 0.462 e. The molecule has 2 aromatic rings. The smallest absolute Gasteiger partial charge is 0.348 e. The number of aliphatic hydroxyl groups is 1. The fourth-order valence-electron chi connectivity index (χ4n) is 2.38. The summed E-state index contributed by atoms with van der Waals surface area (Å²) in [5.41, 5.74) is 0.838. The summed E-state index contributed by atoms with van der Waals surface area (Å²) in [4.78, 5) is 24.4. The van der Waals surface area contributed by atoms with Gasteiger partial charge in [-0.3, -0.25) is 0 Å². The molecule has 0 radical (unpaired) electrons. The minimum atomic E-state index is -0.322. The molecule has 6 nitrogen and oxygen atoms in total. The van der Waals surface area contributed by atoms with Crippen LogP contribution in [0.2, 0.25) is 0 Å². The number of esters is 1.